The number of ether oxygens (including phenoxy) is 2. The number of benzene rings is 2. The van der Waals surface area contributed by atoms with Crippen molar-refractivity contribution in [1.82, 2.24) is 0 Å². The van der Waals surface area contributed by atoms with E-state index in [-0.39, 0.29) is 5.41 Å². The van der Waals surface area contributed by atoms with Gasteiger partial charge in [-0.3, -0.25) is 4.99 Å². The van der Waals surface area contributed by atoms with Crippen LogP contribution in [0.5, 0.6) is 5.75 Å². The van der Waals surface area contributed by atoms with Crippen LogP contribution in [0.25, 0.3) is 0 Å². The molecule has 1 aliphatic heterocycles. The number of aliphatic imine (C=N–C) groups is 1. The third-order valence-electron chi connectivity index (χ3n) is 5.10. The molecule has 0 amide bonds. The fourth-order valence-corrected chi connectivity index (χ4v) is 3.43. The Morgan fingerprint density at radius 3 is 2.41 bits per heavy atom. The van der Waals surface area contributed by atoms with Crippen molar-refractivity contribution >= 4 is 11.6 Å². The molecule has 1 fully saturated rings. The van der Waals surface area contributed by atoms with Crippen LogP contribution in [0.2, 0.25) is 0 Å². The Morgan fingerprint density at radius 2 is 1.78 bits per heavy atom. The summed E-state index contributed by atoms with van der Waals surface area (Å²) >= 11 is 0. The minimum absolute atomic E-state index is 0.0530. The first-order chi connectivity index (χ1) is 13.1. The van der Waals surface area contributed by atoms with Crippen molar-refractivity contribution < 1.29 is 9.47 Å². The second-order valence-electron chi connectivity index (χ2n) is 7.04. The lowest BCUT2D eigenvalue weighted by molar-refractivity contribution is 0.0531. The zero-order valence-electron chi connectivity index (χ0n) is 16.2. The van der Waals surface area contributed by atoms with Crippen LogP contribution in [0.3, 0.4) is 0 Å². The van der Waals surface area contributed by atoms with Gasteiger partial charge in [0.1, 0.15) is 5.75 Å². The molecule has 5 nitrogen and oxygen atoms in total. The van der Waals surface area contributed by atoms with Crippen molar-refractivity contribution in [2.75, 3.05) is 31.7 Å². The van der Waals surface area contributed by atoms with Crippen LogP contribution in [0.1, 0.15) is 30.9 Å². The maximum atomic E-state index is 6.15. The van der Waals surface area contributed by atoms with E-state index in [0.717, 1.165) is 37.5 Å². The summed E-state index contributed by atoms with van der Waals surface area (Å²) in [6.07, 6.45) is 1.87. The summed E-state index contributed by atoms with van der Waals surface area (Å²) in [6.45, 7) is 6.85. The number of hydrogen-bond acceptors (Lipinski definition) is 3. The predicted octanol–water partition coefficient (Wildman–Crippen LogP) is 3.87. The molecule has 1 aliphatic rings. The van der Waals surface area contributed by atoms with Gasteiger partial charge in [-0.25, -0.2) is 0 Å². The number of rotatable bonds is 6. The minimum Gasteiger partial charge on any atom is -0.494 e. The van der Waals surface area contributed by atoms with E-state index in [1.54, 1.807) is 0 Å². The quantitative estimate of drug-likeness (QED) is 0.601. The normalized spacial score (nSPS) is 16.7. The number of nitrogens with two attached hydrogens (primary N) is 1. The molecule has 27 heavy (non-hydrogen) atoms. The zero-order chi connectivity index (χ0) is 19.1. The first-order valence-corrected chi connectivity index (χ1v) is 9.56. The lowest BCUT2D eigenvalue weighted by Gasteiger charge is -2.36. The number of nitrogens with one attached hydrogen (secondary N) is 1. The Kier molecular flexibility index (Phi) is 6.35. The zero-order valence-corrected chi connectivity index (χ0v) is 16.2. The molecule has 0 spiro atoms. The Morgan fingerprint density at radius 1 is 1.11 bits per heavy atom. The van der Waals surface area contributed by atoms with Crippen LogP contribution in [0.4, 0.5) is 5.69 Å². The highest BCUT2D eigenvalue weighted by atomic mass is 16.5. The Bertz CT molecular complexity index is 748. The predicted molar refractivity (Wildman–Crippen MR) is 111 cm³/mol. The highest BCUT2D eigenvalue weighted by Crippen LogP contribution is 2.36. The monoisotopic (exact) mass is 367 g/mol. The van der Waals surface area contributed by atoms with E-state index < -0.39 is 0 Å². The Labute approximate surface area is 161 Å². The number of guanidine groups is 1. The molecule has 1 saturated heterocycles. The van der Waals surface area contributed by atoms with Crippen LogP contribution in [0.15, 0.2) is 53.5 Å². The van der Waals surface area contributed by atoms with Gasteiger partial charge in [0.2, 0.25) is 0 Å². The summed E-state index contributed by atoms with van der Waals surface area (Å²) in [6, 6.07) is 16.5. The molecule has 1 heterocycles. The van der Waals surface area contributed by atoms with Crippen molar-refractivity contribution in [2.24, 2.45) is 10.7 Å². The molecule has 0 unspecified atom stereocenters. The molecule has 2 aromatic rings. The largest absolute Gasteiger partial charge is 0.494 e. The summed E-state index contributed by atoms with van der Waals surface area (Å²) in [5, 5.41) is 3.18. The molecule has 0 radical (unpaired) electrons. The van der Waals surface area contributed by atoms with Gasteiger partial charge in [0, 0.05) is 24.3 Å². The first kappa shape index (κ1) is 19.2. The summed E-state index contributed by atoms with van der Waals surface area (Å²) < 4.78 is 11.2. The maximum absolute atomic E-state index is 6.15. The first-order valence-electron chi connectivity index (χ1n) is 9.56. The summed E-state index contributed by atoms with van der Waals surface area (Å²) in [5.41, 5.74) is 9.52. The maximum Gasteiger partial charge on any atom is 0.193 e. The van der Waals surface area contributed by atoms with E-state index in [1.165, 1.54) is 11.1 Å². The average molecular weight is 367 g/mol. The van der Waals surface area contributed by atoms with E-state index in [4.69, 9.17) is 15.2 Å². The van der Waals surface area contributed by atoms with E-state index in [0.29, 0.717) is 19.1 Å². The SMILES string of the molecule is CCOc1ccc(C2(CN=C(N)Nc3ccc(C)cc3)CCOCC2)cc1. The van der Waals surface area contributed by atoms with Crippen molar-refractivity contribution in [1.29, 1.82) is 0 Å². The topological polar surface area (TPSA) is 68.9 Å². The molecule has 5 heteroatoms. The smallest absolute Gasteiger partial charge is 0.193 e. The van der Waals surface area contributed by atoms with Crippen molar-refractivity contribution in [3.05, 3.63) is 59.7 Å². The van der Waals surface area contributed by atoms with Gasteiger partial charge in [0.25, 0.3) is 0 Å². The molecule has 0 aliphatic carbocycles. The molecule has 3 N–H and O–H groups in total. The van der Waals surface area contributed by atoms with Crippen LogP contribution in [0, 0.1) is 6.92 Å². The molecule has 144 valence electrons. The second kappa shape index (κ2) is 8.91. The van der Waals surface area contributed by atoms with E-state index in [2.05, 4.69) is 41.5 Å². The van der Waals surface area contributed by atoms with Gasteiger partial charge in [0.15, 0.2) is 5.96 Å². The highest BCUT2D eigenvalue weighted by molar-refractivity contribution is 5.92. The molecule has 2 aromatic carbocycles. The number of anilines is 1. The van der Waals surface area contributed by atoms with Crippen molar-refractivity contribution in [3.8, 4) is 5.75 Å². The molecular weight excluding hydrogens is 338 g/mol. The molecule has 0 atom stereocenters. The van der Waals surface area contributed by atoms with E-state index in [1.807, 2.05) is 31.2 Å². The van der Waals surface area contributed by atoms with E-state index in [9.17, 15) is 0 Å². The van der Waals surface area contributed by atoms with E-state index >= 15 is 0 Å². The Balaban J connectivity index is 1.74. The van der Waals surface area contributed by atoms with Gasteiger partial charge < -0.3 is 20.5 Å². The summed E-state index contributed by atoms with van der Waals surface area (Å²) in [4.78, 5) is 4.67. The highest BCUT2D eigenvalue weighted by Gasteiger charge is 2.34. The summed E-state index contributed by atoms with van der Waals surface area (Å²) in [7, 11) is 0. The van der Waals surface area contributed by atoms with Crippen LogP contribution in [-0.2, 0) is 10.2 Å². The van der Waals surface area contributed by atoms with Crippen molar-refractivity contribution in [3.63, 3.8) is 0 Å². The van der Waals surface area contributed by atoms with Crippen LogP contribution >= 0.6 is 0 Å². The van der Waals surface area contributed by atoms with Gasteiger partial charge >= 0.3 is 0 Å². The van der Waals surface area contributed by atoms with Crippen LogP contribution < -0.4 is 15.8 Å². The average Bonchev–Trinajstić information content (AvgIpc) is 2.70. The van der Waals surface area contributed by atoms with Gasteiger partial charge in [-0.1, -0.05) is 29.8 Å². The molecule has 0 saturated carbocycles. The molecule has 0 aromatic heterocycles. The Hall–Kier alpha value is -2.53. The fraction of sp³-hybridized carbons (Fsp3) is 0.409. The van der Waals surface area contributed by atoms with Gasteiger partial charge in [-0.15, -0.1) is 0 Å². The second-order valence-corrected chi connectivity index (χ2v) is 7.04. The minimum atomic E-state index is -0.0530. The molecule has 3 rings (SSSR count). The number of nitrogens with zero attached hydrogens (tertiary/aromatic N) is 1. The van der Waals surface area contributed by atoms with Gasteiger partial charge in [-0.2, -0.15) is 0 Å². The third-order valence-corrected chi connectivity index (χ3v) is 5.10. The lowest BCUT2D eigenvalue weighted by Crippen LogP contribution is -2.38. The standard InChI is InChI=1S/C22H29N3O2/c1-3-27-20-10-6-18(7-11-20)22(12-14-26-15-13-22)16-24-21(23)25-19-8-4-17(2)5-9-19/h4-11H,3,12-16H2,1-2H3,(H3,23,24,25). The van der Waals surface area contributed by atoms with Gasteiger partial charge in [0.05, 0.1) is 13.2 Å². The molecular formula is C22H29N3O2. The third kappa shape index (κ3) is 5.01. The van der Waals surface area contributed by atoms with Crippen molar-refractivity contribution in [2.45, 2.75) is 32.1 Å². The molecule has 0 bridgehead atoms. The summed E-state index contributed by atoms with van der Waals surface area (Å²) in [5.74, 6) is 1.34. The number of hydrogen-bond donors (Lipinski definition) is 2. The van der Waals surface area contributed by atoms with Crippen LogP contribution in [-0.4, -0.2) is 32.3 Å². The fourth-order valence-electron chi connectivity index (χ4n) is 3.43. The van der Waals surface area contributed by atoms with Gasteiger partial charge in [-0.05, 0) is 56.5 Å². The lowest BCUT2D eigenvalue weighted by atomic mass is 9.74. The number of aryl methyl sites for hydroxylation is 1.